The van der Waals surface area contributed by atoms with E-state index in [1.54, 1.807) is 13.0 Å². The minimum absolute atomic E-state index is 0.000859. The molecule has 0 amide bonds. The molecule has 1 fully saturated rings. The fraction of sp³-hybridized carbons (Fsp3) is 0.474. The summed E-state index contributed by atoms with van der Waals surface area (Å²) in [6, 6.07) is 3.12. The van der Waals surface area contributed by atoms with Gasteiger partial charge in [-0.2, -0.15) is 0 Å². The number of aliphatic hydroxyl groups excluding tert-OH is 1. The molecular weight excluding hydrogens is 322 g/mol. The molecule has 0 aliphatic carbocycles. The Labute approximate surface area is 145 Å². The highest BCUT2D eigenvalue weighted by molar-refractivity contribution is 5.97. The third-order valence-electron chi connectivity index (χ3n) is 4.99. The van der Waals surface area contributed by atoms with Crippen LogP contribution >= 0.6 is 0 Å². The second-order valence-electron chi connectivity index (χ2n) is 7.02. The Morgan fingerprint density at radius 2 is 2.12 bits per heavy atom. The number of fused-ring (bicyclic) bond motifs is 1. The largest absolute Gasteiger partial charge is 0.507 e. The van der Waals surface area contributed by atoms with Crippen molar-refractivity contribution in [1.29, 1.82) is 0 Å². The molecule has 1 aromatic carbocycles. The van der Waals surface area contributed by atoms with E-state index >= 15 is 0 Å². The van der Waals surface area contributed by atoms with Gasteiger partial charge in [-0.05, 0) is 50.3 Å². The van der Waals surface area contributed by atoms with Crippen molar-refractivity contribution < 1.29 is 19.4 Å². The van der Waals surface area contributed by atoms with E-state index in [4.69, 9.17) is 4.42 Å². The van der Waals surface area contributed by atoms with Crippen LogP contribution in [0.3, 0.4) is 0 Å². The van der Waals surface area contributed by atoms with Gasteiger partial charge >= 0.3 is 5.63 Å². The number of likely N-dealkylation sites (tertiary alicyclic amines) is 1. The van der Waals surface area contributed by atoms with Crippen molar-refractivity contribution in [2.45, 2.75) is 46.4 Å². The van der Waals surface area contributed by atoms with E-state index in [0.717, 1.165) is 12.0 Å². The number of hydrogen-bond acceptors (Lipinski definition) is 6. The van der Waals surface area contributed by atoms with Crippen LogP contribution in [0.15, 0.2) is 21.3 Å². The molecular formula is C19H23NO5. The predicted octanol–water partition coefficient (Wildman–Crippen LogP) is 2.56. The first-order valence-corrected chi connectivity index (χ1v) is 8.50. The molecule has 25 heavy (non-hydrogen) atoms. The molecule has 0 spiro atoms. The minimum Gasteiger partial charge on any atom is -0.507 e. The van der Waals surface area contributed by atoms with Gasteiger partial charge in [0.1, 0.15) is 23.1 Å². The predicted molar refractivity (Wildman–Crippen MR) is 93.7 cm³/mol. The van der Waals surface area contributed by atoms with Crippen LogP contribution in [-0.2, 0) is 6.54 Å². The highest BCUT2D eigenvalue weighted by Gasteiger charge is 2.27. The molecule has 3 rings (SSSR count). The van der Waals surface area contributed by atoms with E-state index in [9.17, 15) is 19.8 Å². The zero-order valence-electron chi connectivity index (χ0n) is 14.7. The Bertz CT molecular complexity index is 885. The van der Waals surface area contributed by atoms with Crippen LogP contribution in [-0.4, -0.2) is 33.7 Å². The number of nitrogens with zero attached hydrogens (tertiary/aromatic N) is 1. The number of aryl methyl sites for hydroxylation is 1. The molecule has 6 heteroatoms. The third kappa shape index (κ3) is 3.32. The van der Waals surface area contributed by atoms with Gasteiger partial charge < -0.3 is 14.6 Å². The molecule has 2 aromatic rings. The Morgan fingerprint density at radius 3 is 2.76 bits per heavy atom. The topological polar surface area (TPSA) is 91.0 Å². The van der Waals surface area contributed by atoms with Gasteiger partial charge in [0.15, 0.2) is 5.78 Å². The molecule has 2 N–H and O–H groups in total. The lowest BCUT2D eigenvalue weighted by molar-refractivity contribution is -0.0448. The van der Waals surface area contributed by atoms with Gasteiger partial charge in [0, 0.05) is 18.5 Å². The number of aromatic hydroxyl groups is 1. The number of phenolic OH excluding ortho intramolecular Hbond substituents is 1. The Balaban J connectivity index is 2.10. The second kappa shape index (κ2) is 6.61. The number of rotatable bonds is 3. The standard InChI is InChI=1S/C19H23NO5/c1-10-4-5-20(17(23)6-10)9-15-16(22)7-11(2)13-8-14(12(3)21)19(24)25-18(13)15/h7-8,10,17,22-23H,4-6,9H2,1-3H3. The molecule has 1 aliphatic heterocycles. The first kappa shape index (κ1) is 17.6. The highest BCUT2D eigenvalue weighted by atomic mass is 16.4. The van der Waals surface area contributed by atoms with Crippen LogP contribution in [0.5, 0.6) is 5.75 Å². The number of benzene rings is 1. The first-order valence-electron chi connectivity index (χ1n) is 8.50. The summed E-state index contributed by atoms with van der Waals surface area (Å²) in [4.78, 5) is 25.6. The quantitative estimate of drug-likeness (QED) is 0.656. The summed E-state index contributed by atoms with van der Waals surface area (Å²) >= 11 is 0. The molecule has 0 bridgehead atoms. The van der Waals surface area contributed by atoms with E-state index in [1.165, 1.54) is 13.0 Å². The van der Waals surface area contributed by atoms with Crippen LogP contribution in [0.4, 0.5) is 0 Å². The summed E-state index contributed by atoms with van der Waals surface area (Å²) in [5.74, 6) is 0.116. The molecule has 2 unspecified atom stereocenters. The zero-order valence-corrected chi connectivity index (χ0v) is 14.7. The SMILES string of the molecule is CC(=O)c1cc2c(C)cc(O)c(CN3CCC(C)CC3O)c2oc1=O. The maximum atomic E-state index is 12.1. The van der Waals surface area contributed by atoms with Crippen LogP contribution in [0, 0.1) is 12.8 Å². The summed E-state index contributed by atoms with van der Waals surface area (Å²) < 4.78 is 5.40. The molecule has 2 heterocycles. The number of phenols is 1. The van der Waals surface area contributed by atoms with E-state index in [1.807, 2.05) is 4.90 Å². The second-order valence-corrected chi connectivity index (χ2v) is 7.02. The van der Waals surface area contributed by atoms with Crippen molar-refractivity contribution in [3.05, 3.63) is 39.2 Å². The average Bonchev–Trinajstić information content (AvgIpc) is 2.52. The summed E-state index contributed by atoms with van der Waals surface area (Å²) in [6.07, 6.45) is 1.03. The molecule has 2 atom stereocenters. The number of carbonyl (C=O) groups is 1. The van der Waals surface area contributed by atoms with Crippen molar-refractivity contribution in [2.75, 3.05) is 6.54 Å². The van der Waals surface area contributed by atoms with E-state index in [2.05, 4.69) is 6.92 Å². The maximum Gasteiger partial charge on any atom is 0.347 e. The number of piperidine rings is 1. The monoisotopic (exact) mass is 345 g/mol. The Morgan fingerprint density at radius 1 is 1.40 bits per heavy atom. The zero-order chi connectivity index (χ0) is 18.3. The van der Waals surface area contributed by atoms with Crippen LogP contribution in [0.25, 0.3) is 11.0 Å². The number of hydrogen-bond donors (Lipinski definition) is 2. The summed E-state index contributed by atoms with van der Waals surface area (Å²) in [7, 11) is 0. The number of ketones is 1. The lowest BCUT2D eigenvalue weighted by Crippen LogP contribution is -2.41. The number of aliphatic hydroxyl groups is 1. The molecule has 134 valence electrons. The summed E-state index contributed by atoms with van der Waals surface area (Å²) in [5, 5.41) is 21.3. The van der Waals surface area contributed by atoms with Gasteiger partial charge in [0.25, 0.3) is 0 Å². The normalized spacial score (nSPS) is 21.6. The minimum atomic E-state index is -0.709. The molecule has 1 aliphatic rings. The van der Waals surface area contributed by atoms with Gasteiger partial charge in [-0.1, -0.05) is 6.92 Å². The molecule has 0 saturated carbocycles. The number of Topliss-reactive ketones (excluding diaryl/α,β-unsaturated/α-hetero) is 1. The van der Waals surface area contributed by atoms with Crippen LogP contribution in [0.1, 0.15) is 48.2 Å². The van der Waals surface area contributed by atoms with Crippen molar-refractivity contribution >= 4 is 16.8 Å². The third-order valence-corrected chi connectivity index (χ3v) is 4.99. The molecule has 1 saturated heterocycles. The van der Waals surface area contributed by atoms with E-state index < -0.39 is 11.9 Å². The van der Waals surface area contributed by atoms with E-state index in [-0.39, 0.29) is 29.2 Å². The van der Waals surface area contributed by atoms with Crippen LogP contribution < -0.4 is 5.63 Å². The summed E-state index contributed by atoms with van der Waals surface area (Å²) in [5.41, 5.74) is 0.744. The lowest BCUT2D eigenvalue weighted by atomic mass is 9.96. The lowest BCUT2D eigenvalue weighted by Gasteiger charge is -2.35. The van der Waals surface area contributed by atoms with Crippen molar-refractivity contribution in [3.8, 4) is 5.75 Å². The van der Waals surface area contributed by atoms with Crippen molar-refractivity contribution in [3.63, 3.8) is 0 Å². The number of carbonyl (C=O) groups excluding carboxylic acids is 1. The molecule has 6 nitrogen and oxygen atoms in total. The maximum absolute atomic E-state index is 12.1. The van der Waals surface area contributed by atoms with Gasteiger partial charge in [-0.25, -0.2) is 4.79 Å². The van der Waals surface area contributed by atoms with Crippen molar-refractivity contribution in [1.82, 2.24) is 4.90 Å². The smallest absolute Gasteiger partial charge is 0.347 e. The van der Waals surface area contributed by atoms with Gasteiger partial charge in [0.2, 0.25) is 0 Å². The van der Waals surface area contributed by atoms with Crippen LogP contribution in [0.2, 0.25) is 0 Å². The fourth-order valence-electron chi connectivity index (χ4n) is 3.42. The van der Waals surface area contributed by atoms with E-state index in [0.29, 0.717) is 29.8 Å². The first-order chi connectivity index (χ1) is 11.8. The van der Waals surface area contributed by atoms with Gasteiger partial charge in [-0.15, -0.1) is 0 Å². The Hall–Kier alpha value is -2.18. The highest BCUT2D eigenvalue weighted by Crippen LogP contribution is 2.33. The van der Waals surface area contributed by atoms with Gasteiger partial charge in [-0.3, -0.25) is 9.69 Å². The Kier molecular flexibility index (Phi) is 4.67. The average molecular weight is 345 g/mol. The fourth-order valence-corrected chi connectivity index (χ4v) is 3.42. The van der Waals surface area contributed by atoms with Crippen molar-refractivity contribution in [2.24, 2.45) is 5.92 Å². The van der Waals surface area contributed by atoms with Gasteiger partial charge in [0.05, 0.1) is 5.56 Å². The summed E-state index contributed by atoms with van der Waals surface area (Å²) in [6.45, 7) is 6.18. The molecule has 0 radical (unpaired) electrons. The molecule has 1 aromatic heterocycles.